The molecule has 3 rings (SSSR count). The van der Waals surface area contributed by atoms with Crippen molar-refractivity contribution in [3.8, 4) is 5.82 Å². The van der Waals surface area contributed by atoms with Crippen LogP contribution in [0.15, 0.2) is 18.6 Å². The summed E-state index contributed by atoms with van der Waals surface area (Å²) in [6.45, 7) is 0.464. The van der Waals surface area contributed by atoms with Crippen molar-refractivity contribution in [3.63, 3.8) is 0 Å². The van der Waals surface area contributed by atoms with Crippen LogP contribution in [0.2, 0.25) is 0 Å². The Kier molecular flexibility index (Phi) is 2.29. The van der Waals surface area contributed by atoms with Gasteiger partial charge in [0.25, 0.3) is 6.43 Å². The summed E-state index contributed by atoms with van der Waals surface area (Å²) in [7, 11) is 0. The Labute approximate surface area is 94.2 Å². The molecule has 17 heavy (non-hydrogen) atoms. The van der Waals surface area contributed by atoms with Crippen LogP contribution in [0, 0.1) is 0 Å². The molecule has 2 aromatic heterocycles. The second-order valence-electron chi connectivity index (χ2n) is 3.55. The summed E-state index contributed by atoms with van der Waals surface area (Å²) in [4.78, 5) is 4.03. The van der Waals surface area contributed by atoms with Gasteiger partial charge in [-0.2, -0.15) is 4.68 Å². The van der Waals surface area contributed by atoms with Gasteiger partial charge in [-0.1, -0.05) is 0 Å². The largest absolute Gasteiger partial charge is 0.368 e. The minimum Gasteiger partial charge on any atom is -0.368 e. The summed E-state index contributed by atoms with van der Waals surface area (Å²) in [5.41, 5.74) is 0.338. The van der Waals surface area contributed by atoms with E-state index < -0.39 is 6.43 Å². The molecule has 1 aliphatic heterocycles. The van der Waals surface area contributed by atoms with Crippen LogP contribution in [0.5, 0.6) is 0 Å². The van der Waals surface area contributed by atoms with Crippen LogP contribution in [0.25, 0.3) is 5.82 Å². The molecule has 88 valence electrons. The quantitative estimate of drug-likeness (QED) is 0.749. The van der Waals surface area contributed by atoms with Crippen LogP contribution in [-0.4, -0.2) is 31.8 Å². The second-order valence-corrected chi connectivity index (χ2v) is 3.55. The first-order valence-electron chi connectivity index (χ1n) is 4.88. The lowest BCUT2D eigenvalue weighted by Crippen LogP contribution is -2.03. The number of epoxide rings is 1. The Morgan fingerprint density at radius 2 is 2.29 bits per heavy atom. The van der Waals surface area contributed by atoms with Gasteiger partial charge in [0, 0.05) is 17.3 Å². The van der Waals surface area contributed by atoms with Crippen LogP contribution in [-0.2, 0) is 4.74 Å². The van der Waals surface area contributed by atoms with Gasteiger partial charge in [0.2, 0.25) is 0 Å². The van der Waals surface area contributed by atoms with Gasteiger partial charge in [0.05, 0.1) is 6.61 Å². The molecule has 1 atom stereocenters. The third kappa shape index (κ3) is 1.86. The predicted molar refractivity (Wildman–Crippen MR) is 50.6 cm³/mol. The van der Waals surface area contributed by atoms with Crippen molar-refractivity contribution in [2.24, 2.45) is 0 Å². The molecular weight excluding hydrogens is 232 g/mol. The Morgan fingerprint density at radius 1 is 1.47 bits per heavy atom. The van der Waals surface area contributed by atoms with E-state index in [2.05, 4.69) is 20.5 Å². The molecule has 0 aliphatic carbocycles. The number of rotatable bonds is 3. The van der Waals surface area contributed by atoms with E-state index in [1.54, 1.807) is 0 Å². The average molecular weight is 239 g/mol. The molecule has 0 bridgehead atoms. The van der Waals surface area contributed by atoms with E-state index in [0.717, 1.165) is 0 Å². The summed E-state index contributed by atoms with van der Waals surface area (Å²) in [6.07, 6.45) is -0.150. The summed E-state index contributed by atoms with van der Waals surface area (Å²) < 4.78 is 32.0. The molecule has 2 aromatic rings. The van der Waals surface area contributed by atoms with E-state index in [9.17, 15) is 8.78 Å². The monoisotopic (exact) mass is 239 g/mol. The van der Waals surface area contributed by atoms with E-state index in [0.29, 0.717) is 12.2 Å². The maximum Gasteiger partial charge on any atom is 0.264 e. The SMILES string of the molecule is FC(F)c1cc(-n2cnnn2)ncc1C1CO1. The number of ether oxygens (including phenoxy) is 1. The lowest BCUT2D eigenvalue weighted by Gasteiger charge is -2.07. The van der Waals surface area contributed by atoms with Gasteiger partial charge in [-0.15, -0.1) is 5.10 Å². The molecule has 6 nitrogen and oxygen atoms in total. The normalized spacial score (nSPS) is 18.6. The topological polar surface area (TPSA) is 69.0 Å². The predicted octanol–water partition coefficient (Wildman–Crippen LogP) is 1.07. The van der Waals surface area contributed by atoms with Crippen molar-refractivity contribution in [1.29, 1.82) is 0 Å². The highest BCUT2D eigenvalue weighted by Gasteiger charge is 2.30. The number of halogens is 2. The van der Waals surface area contributed by atoms with E-state index in [4.69, 9.17) is 4.74 Å². The molecule has 1 saturated heterocycles. The Morgan fingerprint density at radius 3 is 2.88 bits per heavy atom. The first-order chi connectivity index (χ1) is 8.25. The smallest absolute Gasteiger partial charge is 0.264 e. The number of aromatic nitrogens is 5. The van der Waals surface area contributed by atoms with Crippen LogP contribution in [0.4, 0.5) is 8.78 Å². The Balaban J connectivity index is 2.05. The van der Waals surface area contributed by atoms with Gasteiger partial charge >= 0.3 is 0 Å². The van der Waals surface area contributed by atoms with Gasteiger partial charge in [-0.25, -0.2) is 13.8 Å². The van der Waals surface area contributed by atoms with Crippen LogP contribution in [0.3, 0.4) is 0 Å². The zero-order valence-corrected chi connectivity index (χ0v) is 8.49. The van der Waals surface area contributed by atoms with E-state index >= 15 is 0 Å². The van der Waals surface area contributed by atoms with Gasteiger partial charge < -0.3 is 4.74 Å². The van der Waals surface area contributed by atoms with Crippen LogP contribution >= 0.6 is 0 Å². The number of alkyl halides is 2. The van der Waals surface area contributed by atoms with Gasteiger partial charge in [0.1, 0.15) is 12.4 Å². The fourth-order valence-corrected chi connectivity index (χ4v) is 1.55. The number of pyridine rings is 1. The molecule has 0 radical (unpaired) electrons. The van der Waals surface area contributed by atoms with Crippen molar-refractivity contribution >= 4 is 0 Å². The molecular formula is C9H7F2N5O. The molecule has 3 heterocycles. The molecule has 1 fully saturated rings. The molecule has 0 spiro atoms. The fraction of sp³-hybridized carbons (Fsp3) is 0.333. The summed E-state index contributed by atoms with van der Waals surface area (Å²) >= 11 is 0. The highest BCUT2D eigenvalue weighted by molar-refractivity contribution is 5.36. The number of tetrazole rings is 1. The Bertz CT molecular complexity index is 526. The lowest BCUT2D eigenvalue weighted by atomic mass is 10.1. The molecule has 0 saturated carbocycles. The highest BCUT2D eigenvalue weighted by Crippen LogP contribution is 2.36. The summed E-state index contributed by atoms with van der Waals surface area (Å²) in [5.74, 6) is 0.259. The molecule has 8 heteroatoms. The first kappa shape index (κ1) is 10.2. The van der Waals surface area contributed by atoms with E-state index in [-0.39, 0.29) is 17.5 Å². The number of hydrogen-bond donors (Lipinski definition) is 0. The second kappa shape index (κ2) is 3.81. The Hall–Kier alpha value is -1.96. The molecule has 0 aromatic carbocycles. The molecule has 1 aliphatic rings. The summed E-state index contributed by atoms with van der Waals surface area (Å²) in [5, 5.41) is 10.4. The number of hydrogen-bond acceptors (Lipinski definition) is 5. The van der Waals surface area contributed by atoms with Crippen molar-refractivity contribution in [2.45, 2.75) is 12.5 Å². The summed E-state index contributed by atoms with van der Waals surface area (Å²) in [6, 6.07) is 1.28. The lowest BCUT2D eigenvalue weighted by molar-refractivity contribution is 0.149. The maximum atomic E-state index is 12.9. The van der Waals surface area contributed by atoms with Gasteiger partial charge in [0.15, 0.2) is 5.82 Å². The first-order valence-corrected chi connectivity index (χ1v) is 4.88. The van der Waals surface area contributed by atoms with E-state index in [1.807, 2.05) is 0 Å². The third-order valence-electron chi connectivity index (χ3n) is 2.45. The zero-order chi connectivity index (χ0) is 11.8. The van der Waals surface area contributed by atoms with Gasteiger partial charge in [-0.3, -0.25) is 0 Å². The third-order valence-corrected chi connectivity index (χ3v) is 2.45. The standard InChI is InChI=1S/C9H7F2N5O/c10-9(11)5-1-8(16-4-13-14-15-16)12-2-6(5)7-3-17-7/h1-2,4,7,9H,3H2. The molecule has 0 amide bonds. The zero-order valence-electron chi connectivity index (χ0n) is 8.49. The van der Waals surface area contributed by atoms with Crippen molar-refractivity contribution in [2.75, 3.05) is 6.61 Å². The number of nitrogens with zero attached hydrogens (tertiary/aromatic N) is 5. The van der Waals surface area contributed by atoms with Crippen LogP contribution in [0.1, 0.15) is 23.7 Å². The minimum absolute atomic E-state index is 0.0898. The van der Waals surface area contributed by atoms with Crippen molar-refractivity contribution in [1.82, 2.24) is 25.2 Å². The fourth-order valence-electron chi connectivity index (χ4n) is 1.55. The highest BCUT2D eigenvalue weighted by atomic mass is 19.3. The van der Waals surface area contributed by atoms with Gasteiger partial charge in [-0.05, 0) is 16.5 Å². The average Bonchev–Trinajstić information content (AvgIpc) is 3.03. The molecule has 0 N–H and O–H groups in total. The molecule has 1 unspecified atom stereocenters. The van der Waals surface area contributed by atoms with E-state index in [1.165, 1.54) is 23.3 Å². The maximum absolute atomic E-state index is 12.9. The van der Waals surface area contributed by atoms with Crippen LogP contribution < -0.4 is 0 Å². The minimum atomic E-state index is -2.58. The van der Waals surface area contributed by atoms with Crippen molar-refractivity contribution < 1.29 is 13.5 Å². The van der Waals surface area contributed by atoms with Crippen molar-refractivity contribution in [3.05, 3.63) is 29.7 Å².